The second kappa shape index (κ2) is 6.44. The maximum absolute atomic E-state index is 12.1. The number of likely N-dealkylation sites (N-methyl/N-ethyl adjacent to an activating group) is 3. The lowest BCUT2D eigenvalue weighted by molar-refractivity contribution is -0.147. The first-order chi connectivity index (χ1) is 7.78. The number of carboxylic acid groups (broad SMARTS) is 1. The predicted octanol–water partition coefficient (Wildman–Crippen LogP) is 0.443. The van der Waals surface area contributed by atoms with Gasteiger partial charge in [0, 0.05) is 26.7 Å². The second-order valence-electron chi connectivity index (χ2n) is 4.42. The number of hydrogen-bond acceptors (Lipinski definition) is 3. The monoisotopic (exact) mass is 245 g/mol. The van der Waals surface area contributed by atoms with Gasteiger partial charge in [0.2, 0.25) is 0 Å². The quantitative estimate of drug-likeness (QED) is 0.712. The average Bonchev–Trinajstić information content (AvgIpc) is 2.25. The molecule has 0 unspecified atom stereocenters. The van der Waals surface area contributed by atoms with Crippen LogP contribution in [-0.2, 0) is 4.79 Å². The Kier molecular flexibility index (Phi) is 5.95. The molecule has 0 aliphatic carbocycles. The summed E-state index contributed by atoms with van der Waals surface area (Å²) in [5.41, 5.74) is -1.19. The maximum atomic E-state index is 12.1. The number of urea groups is 1. The molecule has 0 radical (unpaired) electrons. The van der Waals surface area contributed by atoms with E-state index in [1.54, 1.807) is 21.0 Å². The van der Waals surface area contributed by atoms with E-state index in [0.29, 0.717) is 19.6 Å². The molecule has 0 spiro atoms. The highest BCUT2D eigenvalue weighted by atomic mass is 16.4. The minimum Gasteiger partial charge on any atom is -0.480 e. The van der Waals surface area contributed by atoms with E-state index in [1.807, 2.05) is 0 Å². The molecule has 0 rings (SSSR count). The van der Waals surface area contributed by atoms with Gasteiger partial charge in [0.05, 0.1) is 0 Å². The molecule has 0 aliphatic rings. The Balaban J connectivity index is 4.77. The van der Waals surface area contributed by atoms with Crippen LogP contribution in [0.5, 0.6) is 0 Å². The molecule has 2 amide bonds. The fourth-order valence-electron chi connectivity index (χ4n) is 1.47. The average molecular weight is 245 g/mol. The first-order valence-electron chi connectivity index (χ1n) is 5.69. The van der Waals surface area contributed by atoms with Crippen molar-refractivity contribution in [2.45, 2.75) is 26.3 Å². The van der Waals surface area contributed by atoms with Gasteiger partial charge in [-0.3, -0.25) is 0 Å². The van der Waals surface area contributed by atoms with Crippen LogP contribution >= 0.6 is 0 Å². The topological polar surface area (TPSA) is 72.9 Å². The van der Waals surface area contributed by atoms with Crippen molar-refractivity contribution in [1.29, 1.82) is 0 Å². The van der Waals surface area contributed by atoms with Gasteiger partial charge in [-0.05, 0) is 27.8 Å². The largest absolute Gasteiger partial charge is 0.480 e. The molecule has 0 saturated heterocycles. The Bertz CT molecular complexity index is 279. The summed E-state index contributed by atoms with van der Waals surface area (Å²) in [6.07, 6.45) is 0. The molecule has 0 aromatic carbocycles. The Hall–Kier alpha value is -1.30. The normalized spacial score (nSPS) is 11.1. The van der Waals surface area contributed by atoms with Gasteiger partial charge < -0.3 is 20.2 Å². The van der Waals surface area contributed by atoms with Gasteiger partial charge in [0.25, 0.3) is 0 Å². The van der Waals surface area contributed by atoms with Crippen LogP contribution in [0.3, 0.4) is 0 Å². The third-order valence-electron chi connectivity index (χ3n) is 2.77. The summed E-state index contributed by atoms with van der Waals surface area (Å²) in [5, 5.41) is 12.1. The number of nitrogens with one attached hydrogen (secondary N) is 1. The van der Waals surface area contributed by atoms with Crippen LogP contribution in [0.4, 0.5) is 4.79 Å². The highest BCUT2D eigenvalue weighted by Crippen LogP contribution is 2.16. The van der Waals surface area contributed by atoms with Crippen molar-refractivity contribution in [2.24, 2.45) is 0 Å². The van der Waals surface area contributed by atoms with Crippen LogP contribution in [-0.4, -0.2) is 66.2 Å². The molecule has 0 aliphatic heterocycles. The molecule has 100 valence electrons. The second-order valence-corrected chi connectivity index (χ2v) is 4.42. The number of carbonyl (C=O) groups is 2. The van der Waals surface area contributed by atoms with Gasteiger partial charge in [0.1, 0.15) is 5.54 Å². The van der Waals surface area contributed by atoms with E-state index >= 15 is 0 Å². The van der Waals surface area contributed by atoms with Gasteiger partial charge in [-0.1, -0.05) is 0 Å². The maximum Gasteiger partial charge on any atom is 0.329 e. The minimum absolute atomic E-state index is 0.268. The van der Waals surface area contributed by atoms with Crippen molar-refractivity contribution in [3.63, 3.8) is 0 Å². The van der Waals surface area contributed by atoms with Crippen molar-refractivity contribution < 1.29 is 14.7 Å². The first kappa shape index (κ1) is 15.7. The van der Waals surface area contributed by atoms with Crippen molar-refractivity contribution in [3.8, 4) is 0 Å². The van der Waals surface area contributed by atoms with E-state index in [1.165, 1.54) is 23.6 Å². The number of amides is 2. The summed E-state index contributed by atoms with van der Waals surface area (Å²) < 4.78 is 0. The Labute approximate surface area is 103 Å². The van der Waals surface area contributed by atoms with E-state index in [4.69, 9.17) is 5.11 Å². The third-order valence-corrected chi connectivity index (χ3v) is 2.77. The van der Waals surface area contributed by atoms with Crippen LogP contribution in [0.2, 0.25) is 0 Å². The molecule has 0 aromatic heterocycles. The SMILES string of the molecule is CCN(C(=O)N(C)CCNC)C(C)(C)C(=O)O. The van der Waals surface area contributed by atoms with Crippen LogP contribution < -0.4 is 5.32 Å². The highest BCUT2D eigenvalue weighted by molar-refractivity contribution is 5.85. The summed E-state index contributed by atoms with van der Waals surface area (Å²) in [4.78, 5) is 26.1. The highest BCUT2D eigenvalue weighted by Gasteiger charge is 2.37. The van der Waals surface area contributed by atoms with Gasteiger partial charge in [-0.15, -0.1) is 0 Å². The summed E-state index contributed by atoms with van der Waals surface area (Å²) in [5.74, 6) is -1.00. The minimum atomic E-state index is -1.19. The summed E-state index contributed by atoms with van der Waals surface area (Å²) in [6, 6.07) is -0.268. The number of carboxylic acids is 1. The number of nitrogens with zero attached hydrogens (tertiary/aromatic N) is 2. The third kappa shape index (κ3) is 3.89. The summed E-state index contributed by atoms with van der Waals surface area (Å²) in [6.45, 7) is 6.41. The number of hydrogen-bond donors (Lipinski definition) is 2. The fourth-order valence-corrected chi connectivity index (χ4v) is 1.47. The van der Waals surface area contributed by atoms with E-state index in [9.17, 15) is 9.59 Å². The summed E-state index contributed by atoms with van der Waals surface area (Å²) in [7, 11) is 3.47. The van der Waals surface area contributed by atoms with Gasteiger partial charge in [-0.2, -0.15) is 0 Å². The zero-order valence-corrected chi connectivity index (χ0v) is 11.3. The van der Waals surface area contributed by atoms with Crippen LogP contribution in [0.15, 0.2) is 0 Å². The molecule has 6 heteroatoms. The van der Waals surface area contributed by atoms with Crippen molar-refractivity contribution >= 4 is 12.0 Å². The zero-order chi connectivity index (χ0) is 13.6. The summed E-state index contributed by atoms with van der Waals surface area (Å²) >= 11 is 0. The van der Waals surface area contributed by atoms with Gasteiger partial charge in [-0.25, -0.2) is 9.59 Å². The van der Waals surface area contributed by atoms with Crippen molar-refractivity contribution in [1.82, 2.24) is 15.1 Å². The lowest BCUT2D eigenvalue weighted by atomic mass is 10.0. The molecule has 2 N–H and O–H groups in total. The van der Waals surface area contributed by atoms with Crippen molar-refractivity contribution in [3.05, 3.63) is 0 Å². The van der Waals surface area contributed by atoms with Gasteiger partial charge in [0.15, 0.2) is 0 Å². The zero-order valence-electron chi connectivity index (χ0n) is 11.3. The molecular weight excluding hydrogens is 222 g/mol. The molecular formula is C11H23N3O3. The first-order valence-corrected chi connectivity index (χ1v) is 5.69. The van der Waals surface area contributed by atoms with Crippen molar-refractivity contribution in [2.75, 3.05) is 33.7 Å². The van der Waals surface area contributed by atoms with Crippen LogP contribution in [0, 0.1) is 0 Å². The van der Waals surface area contributed by atoms with E-state index < -0.39 is 11.5 Å². The molecule has 17 heavy (non-hydrogen) atoms. The van der Waals surface area contributed by atoms with Crippen LogP contribution in [0.1, 0.15) is 20.8 Å². The van der Waals surface area contributed by atoms with Crippen LogP contribution in [0.25, 0.3) is 0 Å². The molecule has 0 bridgehead atoms. The standard InChI is InChI=1S/C11H23N3O3/c1-6-14(11(2,3)9(15)16)10(17)13(5)8-7-12-4/h12H,6-8H2,1-5H3,(H,15,16). The molecule has 0 heterocycles. The smallest absolute Gasteiger partial charge is 0.329 e. The fraction of sp³-hybridized carbons (Fsp3) is 0.818. The van der Waals surface area contributed by atoms with E-state index in [2.05, 4.69) is 5.32 Å². The molecule has 0 saturated carbocycles. The Morgan fingerprint density at radius 2 is 1.88 bits per heavy atom. The molecule has 0 fully saturated rings. The Morgan fingerprint density at radius 1 is 1.35 bits per heavy atom. The lowest BCUT2D eigenvalue weighted by Gasteiger charge is -2.36. The molecule has 0 atom stereocenters. The number of carbonyl (C=O) groups excluding carboxylic acids is 1. The molecule has 0 aromatic rings. The van der Waals surface area contributed by atoms with E-state index in [-0.39, 0.29) is 6.03 Å². The number of aliphatic carboxylic acids is 1. The predicted molar refractivity (Wildman–Crippen MR) is 66.0 cm³/mol. The molecule has 6 nitrogen and oxygen atoms in total. The van der Waals surface area contributed by atoms with E-state index in [0.717, 1.165) is 0 Å². The lowest BCUT2D eigenvalue weighted by Crippen LogP contribution is -2.56. The Morgan fingerprint density at radius 3 is 2.24 bits per heavy atom. The van der Waals surface area contributed by atoms with Gasteiger partial charge >= 0.3 is 12.0 Å². The number of rotatable bonds is 6.